The summed E-state index contributed by atoms with van der Waals surface area (Å²) in [4.78, 5) is 7.29. The first kappa shape index (κ1) is 18.1. The van der Waals surface area contributed by atoms with Gasteiger partial charge in [-0.1, -0.05) is 12.1 Å². The molecule has 0 radical (unpaired) electrons. The van der Waals surface area contributed by atoms with E-state index in [1.165, 1.54) is 24.0 Å². The summed E-state index contributed by atoms with van der Waals surface area (Å²) in [6, 6.07) is 6.34. The summed E-state index contributed by atoms with van der Waals surface area (Å²) >= 11 is 0. The number of nitrogens with zero attached hydrogens (tertiary/aromatic N) is 2. The quantitative estimate of drug-likeness (QED) is 0.658. The molecular formula is C20H31N3O2. The Bertz CT molecular complexity index is 609. The van der Waals surface area contributed by atoms with Crippen molar-refractivity contribution in [2.24, 2.45) is 10.4 Å². The van der Waals surface area contributed by atoms with Crippen molar-refractivity contribution in [3.05, 3.63) is 29.3 Å². The van der Waals surface area contributed by atoms with Crippen LogP contribution >= 0.6 is 0 Å². The van der Waals surface area contributed by atoms with Crippen LogP contribution in [0.5, 0.6) is 5.75 Å². The highest BCUT2D eigenvalue weighted by atomic mass is 16.5. The van der Waals surface area contributed by atoms with Crippen LogP contribution in [-0.2, 0) is 11.3 Å². The molecule has 1 atom stereocenters. The van der Waals surface area contributed by atoms with Crippen molar-refractivity contribution in [2.75, 3.05) is 39.5 Å². The van der Waals surface area contributed by atoms with E-state index in [4.69, 9.17) is 14.5 Å². The van der Waals surface area contributed by atoms with Crippen LogP contribution < -0.4 is 10.1 Å². The van der Waals surface area contributed by atoms with E-state index in [2.05, 4.69) is 42.3 Å². The molecule has 1 aromatic rings. The maximum absolute atomic E-state index is 5.64. The molecule has 0 aliphatic carbocycles. The minimum atomic E-state index is 0.353. The molecule has 0 aromatic heterocycles. The zero-order chi connectivity index (χ0) is 17.7. The topological polar surface area (TPSA) is 46.1 Å². The summed E-state index contributed by atoms with van der Waals surface area (Å²) in [6.45, 7) is 12.4. The predicted molar refractivity (Wildman–Crippen MR) is 101 cm³/mol. The van der Waals surface area contributed by atoms with Crippen LogP contribution in [0.25, 0.3) is 0 Å². The fourth-order valence-electron chi connectivity index (χ4n) is 3.81. The van der Waals surface area contributed by atoms with Gasteiger partial charge in [0.15, 0.2) is 5.96 Å². The number of rotatable bonds is 5. The third kappa shape index (κ3) is 4.27. The zero-order valence-corrected chi connectivity index (χ0v) is 15.8. The van der Waals surface area contributed by atoms with Gasteiger partial charge in [-0.2, -0.15) is 0 Å². The van der Waals surface area contributed by atoms with E-state index in [-0.39, 0.29) is 0 Å². The van der Waals surface area contributed by atoms with E-state index in [0.29, 0.717) is 18.6 Å². The summed E-state index contributed by atoms with van der Waals surface area (Å²) in [7, 11) is 0. The van der Waals surface area contributed by atoms with Crippen molar-refractivity contribution < 1.29 is 9.47 Å². The highest BCUT2D eigenvalue weighted by molar-refractivity contribution is 5.80. The van der Waals surface area contributed by atoms with Gasteiger partial charge in [0.2, 0.25) is 0 Å². The van der Waals surface area contributed by atoms with Crippen LogP contribution in [0, 0.1) is 12.3 Å². The molecule has 5 heteroatoms. The Hall–Kier alpha value is -1.75. The Morgan fingerprint density at radius 1 is 1.36 bits per heavy atom. The van der Waals surface area contributed by atoms with E-state index >= 15 is 0 Å². The largest absolute Gasteiger partial charge is 0.494 e. The van der Waals surface area contributed by atoms with E-state index < -0.39 is 0 Å². The van der Waals surface area contributed by atoms with Gasteiger partial charge in [-0.05, 0) is 50.8 Å². The molecule has 0 bridgehead atoms. The zero-order valence-electron chi connectivity index (χ0n) is 15.8. The standard InChI is InChI=1S/C20H31N3O2/c1-4-21-19(23-10-8-20(14-23)9-11-24-15-20)22-13-17-6-7-18(25-5-2)16(3)12-17/h6-7,12H,4-5,8-11,13-15H2,1-3H3,(H,21,22). The maximum atomic E-state index is 5.64. The first-order valence-electron chi connectivity index (χ1n) is 9.49. The molecule has 2 fully saturated rings. The van der Waals surface area contributed by atoms with Gasteiger partial charge < -0.3 is 19.7 Å². The van der Waals surface area contributed by atoms with E-state index in [9.17, 15) is 0 Å². The Labute approximate surface area is 151 Å². The molecular weight excluding hydrogens is 314 g/mol. The van der Waals surface area contributed by atoms with Crippen molar-refractivity contribution in [3.8, 4) is 5.75 Å². The van der Waals surface area contributed by atoms with Gasteiger partial charge in [-0.15, -0.1) is 0 Å². The molecule has 2 aliphatic heterocycles. The Morgan fingerprint density at radius 2 is 2.24 bits per heavy atom. The highest BCUT2D eigenvalue weighted by Gasteiger charge is 2.42. The average molecular weight is 345 g/mol. The molecule has 1 spiro atoms. The van der Waals surface area contributed by atoms with Gasteiger partial charge in [0.1, 0.15) is 5.75 Å². The summed E-state index contributed by atoms with van der Waals surface area (Å²) in [5.41, 5.74) is 2.74. The molecule has 1 N–H and O–H groups in total. The van der Waals surface area contributed by atoms with Crippen LogP contribution in [0.15, 0.2) is 23.2 Å². The second-order valence-corrected chi connectivity index (χ2v) is 7.18. The van der Waals surface area contributed by atoms with Crippen molar-refractivity contribution >= 4 is 5.96 Å². The van der Waals surface area contributed by atoms with Gasteiger partial charge in [0.05, 0.1) is 19.8 Å². The van der Waals surface area contributed by atoms with E-state index in [0.717, 1.165) is 44.6 Å². The molecule has 0 amide bonds. The molecule has 2 heterocycles. The summed E-state index contributed by atoms with van der Waals surface area (Å²) in [6.07, 6.45) is 2.39. The molecule has 25 heavy (non-hydrogen) atoms. The van der Waals surface area contributed by atoms with Crippen molar-refractivity contribution in [2.45, 2.75) is 40.2 Å². The molecule has 2 aliphatic rings. The van der Waals surface area contributed by atoms with Crippen molar-refractivity contribution in [1.29, 1.82) is 0 Å². The second kappa shape index (κ2) is 8.09. The molecule has 1 unspecified atom stereocenters. The van der Waals surface area contributed by atoms with Gasteiger partial charge >= 0.3 is 0 Å². The Kier molecular flexibility index (Phi) is 5.84. The lowest BCUT2D eigenvalue weighted by Gasteiger charge is -2.25. The summed E-state index contributed by atoms with van der Waals surface area (Å²) < 4.78 is 11.3. The molecule has 3 rings (SSSR count). The second-order valence-electron chi connectivity index (χ2n) is 7.18. The molecule has 5 nitrogen and oxygen atoms in total. The molecule has 1 aromatic carbocycles. The van der Waals surface area contributed by atoms with Crippen LogP contribution in [0.2, 0.25) is 0 Å². The first-order chi connectivity index (χ1) is 12.2. The number of hydrogen-bond donors (Lipinski definition) is 1. The number of guanidine groups is 1. The van der Waals surface area contributed by atoms with Gasteiger partial charge in [-0.3, -0.25) is 0 Å². The number of aliphatic imine (C=N–C) groups is 1. The molecule has 138 valence electrons. The normalized spacial score (nSPS) is 23.5. The number of hydrogen-bond acceptors (Lipinski definition) is 3. The van der Waals surface area contributed by atoms with Crippen molar-refractivity contribution in [3.63, 3.8) is 0 Å². The predicted octanol–water partition coefficient (Wildman–Crippen LogP) is 2.97. The summed E-state index contributed by atoms with van der Waals surface area (Å²) in [5, 5.41) is 3.46. The van der Waals surface area contributed by atoms with E-state index in [1.54, 1.807) is 0 Å². The minimum Gasteiger partial charge on any atom is -0.494 e. The van der Waals surface area contributed by atoms with Crippen LogP contribution in [0.3, 0.4) is 0 Å². The third-order valence-electron chi connectivity index (χ3n) is 5.21. The number of aryl methyl sites for hydroxylation is 1. The third-order valence-corrected chi connectivity index (χ3v) is 5.21. The Balaban J connectivity index is 1.67. The SMILES string of the molecule is CCNC(=NCc1ccc(OCC)c(C)c1)N1CCC2(CCOC2)C1. The van der Waals surface area contributed by atoms with E-state index in [1.807, 2.05) is 6.92 Å². The smallest absolute Gasteiger partial charge is 0.194 e. The summed E-state index contributed by atoms with van der Waals surface area (Å²) in [5.74, 6) is 1.99. The fourth-order valence-corrected chi connectivity index (χ4v) is 3.81. The van der Waals surface area contributed by atoms with Crippen LogP contribution in [0.4, 0.5) is 0 Å². The number of likely N-dealkylation sites (tertiary alicyclic amines) is 1. The van der Waals surface area contributed by atoms with Gasteiger partial charge in [-0.25, -0.2) is 4.99 Å². The fraction of sp³-hybridized carbons (Fsp3) is 0.650. The highest BCUT2D eigenvalue weighted by Crippen LogP contribution is 2.38. The maximum Gasteiger partial charge on any atom is 0.194 e. The van der Waals surface area contributed by atoms with Gasteiger partial charge in [0, 0.05) is 31.7 Å². The van der Waals surface area contributed by atoms with Crippen LogP contribution in [-0.4, -0.2) is 50.3 Å². The minimum absolute atomic E-state index is 0.353. The lowest BCUT2D eigenvalue weighted by Crippen LogP contribution is -2.41. The molecule has 2 saturated heterocycles. The van der Waals surface area contributed by atoms with Crippen LogP contribution in [0.1, 0.15) is 37.8 Å². The monoisotopic (exact) mass is 345 g/mol. The first-order valence-corrected chi connectivity index (χ1v) is 9.49. The Morgan fingerprint density at radius 3 is 2.92 bits per heavy atom. The van der Waals surface area contributed by atoms with Crippen molar-refractivity contribution in [1.82, 2.24) is 10.2 Å². The number of benzene rings is 1. The average Bonchev–Trinajstić information content (AvgIpc) is 3.24. The lowest BCUT2D eigenvalue weighted by molar-refractivity contribution is 0.156. The number of nitrogens with one attached hydrogen (secondary N) is 1. The van der Waals surface area contributed by atoms with Gasteiger partial charge in [0.25, 0.3) is 0 Å². The number of ether oxygens (including phenoxy) is 2. The lowest BCUT2D eigenvalue weighted by atomic mass is 9.87. The molecule has 0 saturated carbocycles.